The molecular weight excluding hydrogens is 310 g/mol. The van der Waals surface area contributed by atoms with E-state index < -0.39 is 0 Å². The van der Waals surface area contributed by atoms with Crippen molar-refractivity contribution in [2.45, 2.75) is 25.0 Å². The largest absolute Gasteiger partial charge is 0.394 e. The molecule has 0 saturated carbocycles. The second-order valence-electron chi connectivity index (χ2n) is 6.46. The summed E-state index contributed by atoms with van der Waals surface area (Å²) in [5, 5.41) is 12.7. The van der Waals surface area contributed by atoms with E-state index in [0.717, 1.165) is 43.7 Å². The molecule has 2 fully saturated rings. The van der Waals surface area contributed by atoms with Crippen LogP contribution in [-0.4, -0.2) is 65.1 Å². The van der Waals surface area contributed by atoms with Crippen molar-refractivity contribution in [1.82, 2.24) is 19.9 Å². The lowest BCUT2D eigenvalue weighted by Crippen LogP contribution is -2.44. The lowest BCUT2D eigenvalue weighted by molar-refractivity contribution is 0.00356. The number of pyridine rings is 1. The number of fused-ring (bicyclic) bond motifs is 1. The minimum absolute atomic E-state index is 0.0100. The summed E-state index contributed by atoms with van der Waals surface area (Å²) in [5.74, 6) is 0. The number of aliphatic hydroxyl groups is 1. The summed E-state index contributed by atoms with van der Waals surface area (Å²) in [6.07, 6.45) is 3.50. The highest BCUT2D eigenvalue weighted by Gasteiger charge is 2.23. The molecule has 0 bridgehead atoms. The van der Waals surface area contributed by atoms with E-state index in [2.05, 4.69) is 20.2 Å². The van der Waals surface area contributed by atoms with E-state index >= 15 is 0 Å². The highest BCUT2D eigenvalue weighted by molar-refractivity contribution is 5.75. The smallest absolute Gasteiger partial charge is 0.327 e. The van der Waals surface area contributed by atoms with Crippen LogP contribution in [0.3, 0.4) is 0 Å². The molecule has 0 amide bonds. The van der Waals surface area contributed by atoms with E-state index in [1.165, 1.54) is 0 Å². The lowest BCUT2D eigenvalue weighted by atomic mass is 10.1. The van der Waals surface area contributed by atoms with Gasteiger partial charge in [-0.15, -0.1) is 0 Å². The summed E-state index contributed by atoms with van der Waals surface area (Å²) in [6.45, 7) is 3.84. The Morgan fingerprint density at radius 1 is 1.38 bits per heavy atom. The van der Waals surface area contributed by atoms with Crippen LogP contribution < -0.4 is 15.9 Å². The molecule has 0 aliphatic carbocycles. The number of nitrogens with one attached hydrogen (secondary N) is 2. The number of ether oxygens (including phenoxy) is 1. The zero-order chi connectivity index (χ0) is 16.5. The van der Waals surface area contributed by atoms with Crippen molar-refractivity contribution in [2.75, 3.05) is 44.3 Å². The zero-order valence-electron chi connectivity index (χ0n) is 13.6. The zero-order valence-corrected chi connectivity index (χ0v) is 13.6. The first-order valence-electron chi connectivity index (χ1n) is 8.54. The molecule has 130 valence electrons. The Kier molecular flexibility index (Phi) is 4.26. The van der Waals surface area contributed by atoms with Crippen LogP contribution in [0.25, 0.3) is 11.2 Å². The van der Waals surface area contributed by atoms with E-state index in [-0.39, 0.29) is 24.4 Å². The van der Waals surface area contributed by atoms with Gasteiger partial charge < -0.3 is 20.1 Å². The molecule has 2 aromatic rings. The average molecular weight is 333 g/mol. The molecule has 8 heteroatoms. The topological polar surface area (TPSA) is 95.4 Å². The number of aromatic amines is 1. The summed E-state index contributed by atoms with van der Waals surface area (Å²) >= 11 is 0. The van der Waals surface area contributed by atoms with E-state index in [1.54, 1.807) is 6.20 Å². The Morgan fingerprint density at radius 3 is 3.00 bits per heavy atom. The standard InChI is InChI=1S/C16H23N5O3/c22-10-13-9-20(5-6-24-13)12-7-14-15(18-8-12)19-16(23)21(14)11-1-3-17-4-2-11/h7-8,11,13,17,22H,1-6,9-10H2,(H,18,19,23)/t13-/m1/s1. The number of aliphatic hydroxyl groups excluding tert-OH is 1. The van der Waals surface area contributed by atoms with Gasteiger partial charge in [0.15, 0.2) is 5.65 Å². The van der Waals surface area contributed by atoms with Crippen LogP contribution in [0.2, 0.25) is 0 Å². The third kappa shape index (κ3) is 2.81. The Bertz CT molecular complexity index is 765. The van der Waals surface area contributed by atoms with Gasteiger partial charge in [0, 0.05) is 19.1 Å². The van der Waals surface area contributed by atoms with Crippen molar-refractivity contribution in [2.24, 2.45) is 0 Å². The van der Waals surface area contributed by atoms with Gasteiger partial charge in [0.05, 0.1) is 36.7 Å². The molecule has 0 radical (unpaired) electrons. The molecule has 2 saturated heterocycles. The normalized spacial score (nSPS) is 23.0. The van der Waals surface area contributed by atoms with Crippen molar-refractivity contribution < 1.29 is 9.84 Å². The fourth-order valence-corrected chi connectivity index (χ4v) is 3.66. The van der Waals surface area contributed by atoms with E-state index in [9.17, 15) is 9.90 Å². The number of hydrogen-bond acceptors (Lipinski definition) is 6. The van der Waals surface area contributed by atoms with Gasteiger partial charge in [0.1, 0.15) is 0 Å². The van der Waals surface area contributed by atoms with Crippen LogP contribution in [0.15, 0.2) is 17.1 Å². The van der Waals surface area contributed by atoms with E-state index in [1.807, 2.05) is 10.6 Å². The molecule has 0 spiro atoms. The predicted octanol–water partition coefficient (Wildman–Crippen LogP) is -0.153. The molecule has 2 aliphatic heterocycles. The van der Waals surface area contributed by atoms with Crippen molar-refractivity contribution in [3.8, 4) is 0 Å². The predicted molar refractivity (Wildman–Crippen MR) is 90.5 cm³/mol. The SMILES string of the molecule is O=c1[nH]c2ncc(N3CCO[C@@H](CO)C3)cc2n1C1CCNCC1. The van der Waals surface area contributed by atoms with Crippen LogP contribution in [0.5, 0.6) is 0 Å². The maximum absolute atomic E-state index is 12.4. The van der Waals surface area contributed by atoms with Crippen LogP contribution in [0.4, 0.5) is 5.69 Å². The number of piperidine rings is 1. The minimum Gasteiger partial charge on any atom is -0.394 e. The number of rotatable bonds is 3. The third-order valence-corrected chi connectivity index (χ3v) is 4.94. The van der Waals surface area contributed by atoms with Gasteiger partial charge in [-0.2, -0.15) is 0 Å². The second-order valence-corrected chi connectivity index (χ2v) is 6.46. The molecular formula is C16H23N5O3. The quantitative estimate of drug-likeness (QED) is 0.723. The molecule has 2 aromatic heterocycles. The molecule has 0 aromatic carbocycles. The first-order chi connectivity index (χ1) is 11.8. The van der Waals surface area contributed by atoms with Gasteiger partial charge in [0.25, 0.3) is 0 Å². The van der Waals surface area contributed by atoms with Crippen LogP contribution in [0, 0.1) is 0 Å². The molecule has 4 heterocycles. The minimum atomic E-state index is -0.174. The van der Waals surface area contributed by atoms with Gasteiger partial charge in [-0.05, 0) is 32.0 Å². The highest BCUT2D eigenvalue weighted by atomic mass is 16.5. The number of anilines is 1. The summed E-state index contributed by atoms with van der Waals surface area (Å²) in [5.41, 5.74) is 2.37. The number of morpholine rings is 1. The second kappa shape index (κ2) is 6.54. The van der Waals surface area contributed by atoms with Gasteiger partial charge in [-0.3, -0.25) is 9.55 Å². The molecule has 2 aliphatic rings. The fraction of sp³-hybridized carbons (Fsp3) is 0.625. The van der Waals surface area contributed by atoms with Crippen molar-refractivity contribution in [3.63, 3.8) is 0 Å². The van der Waals surface area contributed by atoms with Gasteiger partial charge in [-0.25, -0.2) is 9.78 Å². The first-order valence-corrected chi connectivity index (χ1v) is 8.54. The Balaban J connectivity index is 1.70. The Hall–Kier alpha value is -1.90. The summed E-state index contributed by atoms with van der Waals surface area (Å²) < 4.78 is 7.37. The summed E-state index contributed by atoms with van der Waals surface area (Å²) in [6, 6.07) is 2.24. The number of imidazole rings is 1. The van der Waals surface area contributed by atoms with Crippen LogP contribution >= 0.6 is 0 Å². The Morgan fingerprint density at radius 2 is 2.21 bits per heavy atom. The monoisotopic (exact) mass is 333 g/mol. The molecule has 8 nitrogen and oxygen atoms in total. The van der Waals surface area contributed by atoms with Crippen molar-refractivity contribution in [3.05, 3.63) is 22.7 Å². The van der Waals surface area contributed by atoms with Crippen LogP contribution in [0.1, 0.15) is 18.9 Å². The Labute approximate surface area is 139 Å². The molecule has 1 atom stereocenters. The summed E-state index contributed by atoms with van der Waals surface area (Å²) in [4.78, 5) is 21.9. The number of H-pyrrole nitrogens is 1. The fourth-order valence-electron chi connectivity index (χ4n) is 3.66. The van der Waals surface area contributed by atoms with Crippen molar-refractivity contribution >= 4 is 16.9 Å². The number of aromatic nitrogens is 3. The molecule has 24 heavy (non-hydrogen) atoms. The van der Waals surface area contributed by atoms with Gasteiger partial charge in [-0.1, -0.05) is 0 Å². The van der Waals surface area contributed by atoms with E-state index in [0.29, 0.717) is 18.8 Å². The first kappa shape index (κ1) is 15.6. The van der Waals surface area contributed by atoms with Gasteiger partial charge in [0.2, 0.25) is 0 Å². The molecule has 3 N–H and O–H groups in total. The molecule has 4 rings (SSSR count). The maximum Gasteiger partial charge on any atom is 0.327 e. The summed E-state index contributed by atoms with van der Waals surface area (Å²) in [7, 11) is 0. The average Bonchev–Trinajstić information content (AvgIpc) is 2.97. The van der Waals surface area contributed by atoms with Crippen molar-refractivity contribution in [1.29, 1.82) is 0 Å². The highest BCUT2D eigenvalue weighted by Crippen LogP contribution is 2.25. The number of nitrogens with zero attached hydrogens (tertiary/aromatic N) is 3. The van der Waals surface area contributed by atoms with E-state index in [4.69, 9.17) is 4.74 Å². The third-order valence-electron chi connectivity index (χ3n) is 4.94. The van der Waals surface area contributed by atoms with Gasteiger partial charge >= 0.3 is 5.69 Å². The lowest BCUT2D eigenvalue weighted by Gasteiger charge is -2.33. The maximum atomic E-state index is 12.4. The molecule has 0 unspecified atom stereocenters. The number of hydrogen-bond donors (Lipinski definition) is 3. The van der Waals surface area contributed by atoms with Crippen LogP contribution in [-0.2, 0) is 4.74 Å².